The third-order valence-corrected chi connectivity index (χ3v) is 3.58. The van der Waals surface area contributed by atoms with Crippen LogP contribution >= 0.6 is 0 Å². The lowest BCUT2D eigenvalue weighted by atomic mass is 9.96. The van der Waals surface area contributed by atoms with E-state index in [1.807, 2.05) is 38.1 Å². The van der Waals surface area contributed by atoms with E-state index in [1.165, 1.54) is 0 Å². The van der Waals surface area contributed by atoms with Gasteiger partial charge in [-0.05, 0) is 43.2 Å². The molecule has 0 aliphatic rings. The molecule has 0 amide bonds. The van der Waals surface area contributed by atoms with Crippen LogP contribution in [-0.2, 0) is 0 Å². The Morgan fingerprint density at radius 3 is 2.50 bits per heavy atom. The summed E-state index contributed by atoms with van der Waals surface area (Å²) in [5, 5.41) is 0. The molecule has 0 unspecified atom stereocenters. The quantitative estimate of drug-likeness (QED) is 0.664. The smallest absolute Gasteiger partial charge is 0.193 e. The van der Waals surface area contributed by atoms with E-state index >= 15 is 0 Å². The van der Waals surface area contributed by atoms with Gasteiger partial charge in [-0.3, -0.25) is 14.8 Å². The van der Waals surface area contributed by atoms with Crippen molar-refractivity contribution in [2.24, 2.45) is 0 Å². The SMILES string of the molecule is Cc1cccc(C(=O)c2ccc3nccnc3c2)c1C. The van der Waals surface area contributed by atoms with Crippen LogP contribution < -0.4 is 0 Å². The first-order valence-corrected chi connectivity index (χ1v) is 6.48. The van der Waals surface area contributed by atoms with Crippen LogP contribution in [0.2, 0.25) is 0 Å². The monoisotopic (exact) mass is 262 g/mol. The number of carbonyl (C=O) groups excluding carboxylic acids is 1. The van der Waals surface area contributed by atoms with E-state index in [4.69, 9.17) is 0 Å². The Morgan fingerprint density at radius 1 is 0.950 bits per heavy atom. The Kier molecular flexibility index (Phi) is 3.03. The molecule has 1 aromatic heterocycles. The van der Waals surface area contributed by atoms with E-state index in [0.717, 1.165) is 27.7 Å². The maximum atomic E-state index is 12.6. The van der Waals surface area contributed by atoms with Crippen molar-refractivity contribution in [3.8, 4) is 0 Å². The number of carbonyl (C=O) groups is 1. The summed E-state index contributed by atoms with van der Waals surface area (Å²) in [4.78, 5) is 21.1. The fourth-order valence-corrected chi connectivity index (χ4v) is 2.26. The van der Waals surface area contributed by atoms with E-state index in [2.05, 4.69) is 9.97 Å². The van der Waals surface area contributed by atoms with Crippen molar-refractivity contribution in [2.45, 2.75) is 13.8 Å². The maximum Gasteiger partial charge on any atom is 0.193 e. The number of nitrogens with zero attached hydrogens (tertiary/aromatic N) is 2. The highest BCUT2D eigenvalue weighted by atomic mass is 16.1. The zero-order valence-corrected chi connectivity index (χ0v) is 11.4. The van der Waals surface area contributed by atoms with Gasteiger partial charge >= 0.3 is 0 Å². The number of aryl methyl sites for hydroxylation is 1. The number of hydrogen-bond acceptors (Lipinski definition) is 3. The number of ketones is 1. The summed E-state index contributed by atoms with van der Waals surface area (Å²) in [5.41, 5.74) is 5.07. The van der Waals surface area contributed by atoms with Gasteiger partial charge in [-0.1, -0.05) is 18.2 Å². The summed E-state index contributed by atoms with van der Waals surface area (Å²) in [6.45, 7) is 3.99. The van der Waals surface area contributed by atoms with Crippen LogP contribution in [0.25, 0.3) is 11.0 Å². The lowest BCUT2D eigenvalue weighted by Gasteiger charge is -2.08. The van der Waals surface area contributed by atoms with Crippen LogP contribution in [0.4, 0.5) is 0 Å². The summed E-state index contributed by atoms with van der Waals surface area (Å²) < 4.78 is 0. The predicted octanol–water partition coefficient (Wildman–Crippen LogP) is 3.48. The topological polar surface area (TPSA) is 42.9 Å². The van der Waals surface area contributed by atoms with Gasteiger partial charge in [0.1, 0.15) is 0 Å². The van der Waals surface area contributed by atoms with Crippen LogP contribution in [0.15, 0.2) is 48.8 Å². The normalized spacial score (nSPS) is 10.7. The summed E-state index contributed by atoms with van der Waals surface area (Å²) in [6.07, 6.45) is 3.28. The average molecular weight is 262 g/mol. The van der Waals surface area contributed by atoms with Crippen LogP contribution in [0.3, 0.4) is 0 Å². The molecule has 2 aromatic carbocycles. The molecule has 0 radical (unpaired) electrons. The molecule has 0 atom stereocenters. The molecule has 20 heavy (non-hydrogen) atoms. The first-order chi connectivity index (χ1) is 9.66. The van der Waals surface area contributed by atoms with Gasteiger partial charge < -0.3 is 0 Å². The first kappa shape index (κ1) is 12.5. The average Bonchev–Trinajstić information content (AvgIpc) is 2.49. The van der Waals surface area contributed by atoms with Gasteiger partial charge in [-0.2, -0.15) is 0 Å². The molecule has 3 aromatic rings. The Morgan fingerprint density at radius 2 is 1.70 bits per heavy atom. The van der Waals surface area contributed by atoms with Crippen LogP contribution in [0.1, 0.15) is 27.0 Å². The van der Waals surface area contributed by atoms with Crippen LogP contribution in [0, 0.1) is 13.8 Å². The zero-order chi connectivity index (χ0) is 14.1. The molecule has 0 bridgehead atoms. The van der Waals surface area contributed by atoms with Crippen molar-refractivity contribution in [3.63, 3.8) is 0 Å². The van der Waals surface area contributed by atoms with Gasteiger partial charge in [-0.25, -0.2) is 0 Å². The van der Waals surface area contributed by atoms with Crippen molar-refractivity contribution in [1.82, 2.24) is 9.97 Å². The van der Waals surface area contributed by atoms with E-state index in [9.17, 15) is 4.79 Å². The van der Waals surface area contributed by atoms with E-state index in [1.54, 1.807) is 24.5 Å². The van der Waals surface area contributed by atoms with E-state index in [0.29, 0.717) is 5.56 Å². The van der Waals surface area contributed by atoms with Crippen molar-refractivity contribution in [3.05, 3.63) is 71.0 Å². The minimum absolute atomic E-state index is 0.0266. The number of aromatic nitrogens is 2. The number of hydrogen-bond donors (Lipinski definition) is 0. The lowest BCUT2D eigenvalue weighted by molar-refractivity contribution is 0.103. The van der Waals surface area contributed by atoms with Crippen LogP contribution in [0.5, 0.6) is 0 Å². The van der Waals surface area contributed by atoms with Gasteiger partial charge in [0.15, 0.2) is 5.78 Å². The molecule has 3 nitrogen and oxygen atoms in total. The Bertz CT molecular complexity index is 809. The molecule has 0 fully saturated rings. The molecule has 0 aliphatic carbocycles. The van der Waals surface area contributed by atoms with Gasteiger partial charge in [0, 0.05) is 23.5 Å². The molecule has 1 heterocycles. The molecular formula is C17H14N2O. The summed E-state index contributed by atoms with van der Waals surface area (Å²) in [7, 11) is 0. The fourth-order valence-electron chi connectivity index (χ4n) is 2.26. The highest BCUT2D eigenvalue weighted by Gasteiger charge is 2.13. The Hall–Kier alpha value is -2.55. The highest BCUT2D eigenvalue weighted by Crippen LogP contribution is 2.19. The van der Waals surface area contributed by atoms with Crippen molar-refractivity contribution < 1.29 is 4.79 Å². The van der Waals surface area contributed by atoms with Gasteiger partial charge in [0.2, 0.25) is 0 Å². The fraction of sp³-hybridized carbons (Fsp3) is 0.118. The van der Waals surface area contributed by atoms with E-state index < -0.39 is 0 Å². The van der Waals surface area contributed by atoms with Gasteiger partial charge in [0.05, 0.1) is 11.0 Å². The maximum absolute atomic E-state index is 12.6. The Labute approximate surface area is 117 Å². The second kappa shape index (κ2) is 4.85. The number of fused-ring (bicyclic) bond motifs is 1. The number of rotatable bonds is 2. The largest absolute Gasteiger partial charge is 0.289 e. The minimum Gasteiger partial charge on any atom is -0.289 e. The standard InChI is InChI=1S/C17H14N2O/c1-11-4-3-5-14(12(11)2)17(20)13-6-7-15-16(10-13)19-9-8-18-15/h3-10H,1-2H3. The van der Waals surface area contributed by atoms with Crippen molar-refractivity contribution >= 4 is 16.8 Å². The molecular weight excluding hydrogens is 248 g/mol. The zero-order valence-electron chi connectivity index (χ0n) is 11.4. The van der Waals surface area contributed by atoms with Crippen molar-refractivity contribution in [2.75, 3.05) is 0 Å². The highest BCUT2D eigenvalue weighted by molar-refractivity contribution is 6.11. The molecule has 0 aliphatic heterocycles. The third kappa shape index (κ3) is 2.07. The second-order valence-electron chi connectivity index (χ2n) is 4.84. The van der Waals surface area contributed by atoms with Crippen LogP contribution in [-0.4, -0.2) is 15.8 Å². The van der Waals surface area contributed by atoms with Crippen molar-refractivity contribution in [1.29, 1.82) is 0 Å². The molecule has 0 saturated heterocycles. The molecule has 3 heteroatoms. The summed E-state index contributed by atoms with van der Waals surface area (Å²) in [6, 6.07) is 11.2. The van der Waals surface area contributed by atoms with E-state index in [-0.39, 0.29) is 5.78 Å². The summed E-state index contributed by atoms with van der Waals surface area (Å²) in [5.74, 6) is 0.0266. The molecule has 3 rings (SSSR count). The first-order valence-electron chi connectivity index (χ1n) is 6.48. The molecule has 0 spiro atoms. The van der Waals surface area contributed by atoms with Gasteiger partial charge in [-0.15, -0.1) is 0 Å². The molecule has 0 saturated carbocycles. The second-order valence-corrected chi connectivity index (χ2v) is 4.84. The predicted molar refractivity (Wildman–Crippen MR) is 78.9 cm³/mol. The lowest BCUT2D eigenvalue weighted by Crippen LogP contribution is -2.05. The summed E-state index contributed by atoms with van der Waals surface area (Å²) >= 11 is 0. The third-order valence-electron chi connectivity index (χ3n) is 3.58. The Balaban J connectivity index is 2.10. The molecule has 98 valence electrons. The molecule has 0 N–H and O–H groups in total. The van der Waals surface area contributed by atoms with Gasteiger partial charge in [0.25, 0.3) is 0 Å². The number of benzene rings is 2. The minimum atomic E-state index is 0.0266.